The molecule has 4 rings (SSSR count). The van der Waals surface area contributed by atoms with Crippen molar-refractivity contribution in [3.8, 4) is 17.2 Å². The third-order valence-electron chi connectivity index (χ3n) is 6.08. The maximum atomic E-state index is 13.8. The number of rotatable bonds is 13. The van der Waals surface area contributed by atoms with E-state index in [1.165, 1.54) is 50.8 Å². The third kappa shape index (κ3) is 7.65. The summed E-state index contributed by atoms with van der Waals surface area (Å²) in [5.41, 5.74) is 3.25. The van der Waals surface area contributed by atoms with Crippen LogP contribution in [0.15, 0.2) is 107 Å². The number of nitro benzene ring substituents is 1. The highest BCUT2D eigenvalue weighted by Gasteiger charge is 2.34. The SMILES string of the molecule is COc1ccc(N(CC(=O)N/N=C\c2cccc(OCc3ccccc3)c2)S(=O)(=O)c2ccccc2[N+](=O)[O-])c(OC)c1. The molecule has 12 nitrogen and oxygen atoms in total. The van der Waals surface area contributed by atoms with Crippen LogP contribution in [-0.2, 0) is 21.4 Å². The Hall–Kier alpha value is -5.43. The molecule has 0 radical (unpaired) electrons. The molecule has 4 aromatic carbocycles. The Morgan fingerprint density at radius 2 is 1.67 bits per heavy atom. The molecule has 4 aromatic rings. The van der Waals surface area contributed by atoms with Gasteiger partial charge in [0.25, 0.3) is 21.6 Å². The molecule has 0 atom stereocenters. The lowest BCUT2D eigenvalue weighted by Crippen LogP contribution is -2.40. The van der Waals surface area contributed by atoms with Gasteiger partial charge in [-0.3, -0.25) is 19.2 Å². The lowest BCUT2D eigenvalue weighted by molar-refractivity contribution is -0.387. The monoisotopic (exact) mass is 604 g/mol. The van der Waals surface area contributed by atoms with Crippen LogP contribution < -0.4 is 23.9 Å². The number of nitrogens with zero attached hydrogens (tertiary/aromatic N) is 3. The highest BCUT2D eigenvalue weighted by atomic mass is 32.2. The van der Waals surface area contributed by atoms with Gasteiger partial charge in [-0.05, 0) is 41.5 Å². The lowest BCUT2D eigenvalue weighted by Gasteiger charge is -2.25. The molecular weight excluding hydrogens is 576 g/mol. The summed E-state index contributed by atoms with van der Waals surface area (Å²) in [5, 5.41) is 15.6. The second kappa shape index (κ2) is 14.0. The van der Waals surface area contributed by atoms with Crippen LogP contribution in [0.1, 0.15) is 11.1 Å². The van der Waals surface area contributed by atoms with E-state index in [1.807, 2.05) is 30.3 Å². The minimum atomic E-state index is -4.65. The molecule has 0 aliphatic carbocycles. The first-order chi connectivity index (χ1) is 20.7. The summed E-state index contributed by atoms with van der Waals surface area (Å²) in [6.45, 7) is -0.397. The molecule has 0 spiro atoms. The van der Waals surface area contributed by atoms with Gasteiger partial charge in [0.05, 0.1) is 31.0 Å². The summed E-state index contributed by atoms with van der Waals surface area (Å²) in [7, 11) is -1.91. The number of benzene rings is 4. The average Bonchev–Trinajstić information content (AvgIpc) is 3.03. The summed E-state index contributed by atoms with van der Waals surface area (Å²) in [5.74, 6) is 0.206. The molecule has 0 aliphatic rings. The van der Waals surface area contributed by atoms with Crippen molar-refractivity contribution in [2.24, 2.45) is 5.10 Å². The molecule has 43 heavy (non-hydrogen) atoms. The molecule has 0 aliphatic heterocycles. The Bertz CT molecular complexity index is 1730. The minimum Gasteiger partial charge on any atom is -0.497 e. The number of hydrogen-bond acceptors (Lipinski definition) is 9. The van der Waals surface area contributed by atoms with E-state index in [9.17, 15) is 23.3 Å². The van der Waals surface area contributed by atoms with Crippen LogP contribution in [0, 0.1) is 10.1 Å². The molecule has 0 unspecified atom stereocenters. The summed E-state index contributed by atoms with van der Waals surface area (Å²) >= 11 is 0. The van der Waals surface area contributed by atoms with Crippen LogP contribution in [0.4, 0.5) is 11.4 Å². The fraction of sp³-hybridized carbons (Fsp3) is 0.133. The van der Waals surface area contributed by atoms with Crippen LogP contribution >= 0.6 is 0 Å². The second-order valence-corrected chi connectivity index (χ2v) is 10.7. The van der Waals surface area contributed by atoms with Gasteiger partial charge >= 0.3 is 0 Å². The number of carbonyl (C=O) groups excluding carboxylic acids is 1. The van der Waals surface area contributed by atoms with Crippen molar-refractivity contribution in [2.75, 3.05) is 25.1 Å². The summed E-state index contributed by atoms with van der Waals surface area (Å²) < 4.78 is 44.7. The standard InChI is InChI=1S/C30H28N4O8S/c1-40-24-15-16-26(28(18-24)41-2)33(43(38,39)29-14-7-6-13-27(29)34(36)37)20-30(35)32-31-19-23-11-8-12-25(17-23)42-21-22-9-4-3-5-10-22/h3-19H,20-21H2,1-2H3,(H,32,35)/b31-19-. The predicted molar refractivity (Wildman–Crippen MR) is 160 cm³/mol. The fourth-order valence-electron chi connectivity index (χ4n) is 4.01. The van der Waals surface area contributed by atoms with E-state index in [1.54, 1.807) is 24.3 Å². The lowest BCUT2D eigenvalue weighted by atomic mass is 10.2. The van der Waals surface area contributed by atoms with E-state index >= 15 is 0 Å². The molecule has 0 fully saturated rings. The van der Waals surface area contributed by atoms with Crippen molar-refractivity contribution in [1.29, 1.82) is 0 Å². The topological polar surface area (TPSA) is 150 Å². The van der Waals surface area contributed by atoms with E-state index in [-0.39, 0.29) is 11.4 Å². The molecular formula is C30H28N4O8S. The van der Waals surface area contributed by atoms with Crippen LogP contribution in [0.5, 0.6) is 17.2 Å². The summed E-state index contributed by atoms with van der Waals surface area (Å²) in [6.07, 6.45) is 1.38. The van der Waals surface area contributed by atoms with Crippen LogP contribution in [0.3, 0.4) is 0 Å². The number of nitro groups is 1. The van der Waals surface area contributed by atoms with E-state index in [0.717, 1.165) is 22.0 Å². The zero-order valence-electron chi connectivity index (χ0n) is 23.2. The van der Waals surface area contributed by atoms with Crippen molar-refractivity contribution in [1.82, 2.24) is 5.43 Å². The highest BCUT2D eigenvalue weighted by Crippen LogP contribution is 2.37. The smallest absolute Gasteiger partial charge is 0.289 e. The van der Waals surface area contributed by atoms with Crippen molar-refractivity contribution < 1.29 is 32.3 Å². The molecule has 0 heterocycles. The quantitative estimate of drug-likeness (QED) is 0.133. The fourth-order valence-corrected chi connectivity index (χ4v) is 5.60. The maximum absolute atomic E-state index is 13.8. The number of para-hydroxylation sites is 1. The van der Waals surface area contributed by atoms with Crippen molar-refractivity contribution in [3.05, 3.63) is 118 Å². The largest absolute Gasteiger partial charge is 0.497 e. The van der Waals surface area contributed by atoms with Crippen molar-refractivity contribution in [2.45, 2.75) is 11.5 Å². The first-order valence-corrected chi connectivity index (χ1v) is 14.2. The van der Waals surface area contributed by atoms with Crippen LogP contribution in [0.25, 0.3) is 0 Å². The number of ether oxygens (including phenoxy) is 3. The van der Waals surface area contributed by atoms with E-state index in [4.69, 9.17) is 14.2 Å². The number of hydrazone groups is 1. The Morgan fingerprint density at radius 3 is 2.40 bits per heavy atom. The van der Waals surface area contributed by atoms with Crippen LogP contribution in [-0.4, -0.2) is 46.2 Å². The molecule has 1 amide bonds. The zero-order chi connectivity index (χ0) is 30.8. The van der Waals surface area contributed by atoms with Gasteiger partial charge in [0, 0.05) is 12.1 Å². The van der Waals surface area contributed by atoms with Gasteiger partial charge in [-0.2, -0.15) is 5.10 Å². The summed E-state index contributed by atoms with van der Waals surface area (Å²) in [6, 6.07) is 25.8. The normalized spacial score (nSPS) is 11.1. The Kier molecular flexibility index (Phi) is 9.91. The van der Waals surface area contributed by atoms with Gasteiger partial charge in [0.2, 0.25) is 0 Å². The Morgan fingerprint density at radius 1 is 0.930 bits per heavy atom. The summed E-state index contributed by atoms with van der Waals surface area (Å²) in [4.78, 5) is 23.2. The van der Waals surface area contributed by atoms with E-state index in [2.05, 4.69) is 10.5 Å². The van der Waals surface area contributed by atoms with Gasteiger partial charge in [-0.1, -0.05) is 54.6 Å². The Balaban J connectivity index is 1.56. The molecule has 0 saturated carbocycles. The van der Waals surface area contributed by atoms with E-state index in [0.29, 0.717) is 23.7 Å². The first-order valence-electron chi connectivity index (χ1n) is 12.8. The van der Waals surface area contributed by atoms with Gasteiger partial charge in [-0.15, -0.1) is 0 Å². The molecule has 0 bridgehead atoms. The van der Waals surface area contributed by atoms with Gasteiger partial charge in [-0.25, -0.2) is 13.8 Å². The number of methoxy groups -OCH3 is 2. The molecule has 1 N–H and O–H groups in total. The highest BCUT2D eigenvalue weighted by molar-refractivity contribution is 7.93. The molecule has 222 valence electrons. The first kappa shape index (κ1) is 30.5. The van der Waals surface area contributed by atoms with Gasteiger partial charge < -0.3 is 14.2 Å². The number of amides is 1. The number of sulfonamides is 1. The Labute approximate surface area is 248 Å². The van der Waals surface area contributed by atoms with Gasteiger partial charge in [0.15, 0.2) is 4.90 Å². The van der Waals surface area contributed by atoms with Gasteiger partial charge in [0.1, 0.15) is 30.4 Å². The maximum Gasteiger partial charge on any atom is 0.289 e. The minimum absolute atomic E-state index is 0.0381. The average molecular weight is 605 g/mol. The molecule has 0 aromatic heterocycles. The number of hydrogen-bond donors (Lipinski definition) is 1. The second-order valence-electron chi connectivity index (χ2n) is 8.91. The third-order valence-corrected chi connectivity index (χ3v) is 7.89. The predicted octanol–water partition coefficient (Wildman–Crippen LogP) is 4.54. The van der Waals surface area contributed by atoms with Crippen molar-refractivity contribution >= 4 is 33.5 Å². The number of nitrogens with one attached hydrogen (secondary N) is 1. The van der Waals surface area contributed by atoms with E-state index < -0.39 is 38.0 Å². The zero-order valence-corrected chi connectivity index (χ0v) is 24.1. The van der Waals surface area contributed by atoms with Crippen molar-refractivity contribution in [3.63, 3.8) is 0 Å². The molecule has 13 heteroatoms. The van der Waals surface area contributed by atoms with Crippen LogP contribution in [0.2, 0.25) is 0 Å². The molecule has 0 saturated heterocycles. The number of carbonyl (C=O) groups is 1. The number of anilines is 1.